The predicted molar refractivity (Wildman–Crippen MR) is 68.0 cm³/mol. The van der Waals surface area contributed by atoms with Crippen LogP contribution >= 0.6 is 11.6 Å². The number of anilines is 1. The zero-order valence-corrected chi connectivity index (χ0v) is 10.5. The van der Waals surface area contributed by atoms with Gasteiger partial charge in [0.25, 0.3) is 0 Å². The maximum absolute atomic E-state index is 5.93. The maximum Gasteiger partial charge on any atom is 0.237 e. The molecule has 1 heterocycles. The Hall–Kier alpha value is -1.29. The molecule has 2 unspecified atom stereocenters. The molecule has 2 N–H and O–H groups in total. The Kier molecular flexibility index (Phi) is 3.84. The third-order valence-electron chi connectivity index (χ3n) is 3.08. The highest BCUT2D eigenvalue weighted by Gasteiger charge is 2.19. The van der Waals surface area contributed by atoms with Crippen LogP contribution in [0.2, 0.25) is 5.02 Å². The van der Waals surface area contributed by atoms with Crippen molar-refractivity contribution >= 4 is 17.5 Å². The molecule has 5 heteroatoms. The van der Waals surface area contributed by atoms with Gasteiger partial charge in [0.2, 0.25) is 11.8 Å². The minimum atomic E-state index is 0.181. The van der Waals surface area contributed by atoms with E-state index in [0.717, 1.165) is 12.8 Å². The minimum absolute atomic E-state index is 0.181. The topological polar surface area (TPSA) is 61.0 Å². The van der Waals surface area contributed by atoms with Gasteiger partial charge in [0, 0.05) is 0 Å². The predicted octanol–water partition coefficient (Wildman–Crippen LogP) is 2.69. The van der Waals surface area contributed by atoms with E-state index in [-0.39, 0.29) is 5.95 Å². The van der Waals surface area contributed by atoms with Crippen LogP contribution in [-0.2, 0) is 0 Å². The van der Waals surface area contributed by atoms with Gasteiger partial charge in [-0.2, -0.15) is 4.98 Å². The zero-order chi connectivity index (χ0) is 12.3. The van der Waals surface area contributed by atoms with Crippen LogP contribution in [0.5, 0.6) is 5.88 Å². The molecule has 0 amide bonds. The number of nitrogens with two attached hydrogens (primary N) is 1. The molecule has 0 aliphatic heterocycles. The summed E-state index contributed by atoms with van der Waals surface area (Å²) in [6.45, 7) is 2.84. The van der Waals surface area contributed by atoms with Gasteiger partial charge < -0.3 is 10.5 Å². The summed E-state index contributed by atoms with van der Waals surface area (Å²) in [5, 5.41) is 0.401. The Morgan fingerprint density at radius 3 is 3.00 bits per heavy atom. The van der Waals surface area contributed by atoms with E-state index in [9.17, 15) is 0 Å². The highest BCUT2D eigenvalue weighted by molar-refractivity contribution is 6.31. The minimum Gasteiger partial charge on any atom is -0.476 e. The molecule has 0 aromatic carbocycles. The molecule has 92 valence electrons. The van der Waals surface area contributed by atoms with Crippen molar-refractivity contribution in [2.75, 3.05) is 12.3 Å². The lowest BCUT2D eigenvalue weighted by molar-refractivity contribution is 0.193. The summed E-state index contributed by atoms with van der Waals surface area (Å²) in [5.41, 5.74) is 5.49. The van der Waals surface area contributed by atoms with Gasteiger partial charge in [-0.1, -0.05) is 30.7 Å². The third-order valence-corrected chi connectivity index (χ3v) is 3.34. The van der Waals surface area contributed by atoms with Gasteiger partial charge in [0.05, 0.1) is 12.8 Å². The second-order valence-electron chi connectivity index (χ2n) is 4.37. The molecule has 4 nitrogen and oxygen atoms in total. The number of halogens is 1. The number of allylic oxidation sites excluding steroid dienone is 2. The summed E-state index contributed by atoms with van der Waals surface area (Å²) in [7, 11) is 0. The second-order valence-corrected chi connectivity index (χ2v) is 4.78. The first-order valence-electron chi connectivity index (χ1n) is 5.72. The molecule has 0 fully saturated rings. The molecule has 0 radical (unpaired) electrons. The van der Waals surface area contributed by atoms with E-state index in [1.807, 2.05) is 0 Å². The number of rotatable bonds is 3. The van der Waals surface area contributed by atoms with Crippen molar-refractivity contribution in [1.82, 2.24) is 9.97 Å². The van der Waals surface area contributed by atoms with E-state index in [1.54, 1.807) is 0 Å². The molecule has 1 aliphatic rings. The van der Waals surface area contributed by atoms with Crippen LogP contribution in [0.4, 0.5) is 5.95 Å². The molecule has 17 heavy (non-hydrogen) atoms. The quantitative estimate of drug-likeness (QED) is 0.842. The lowest BCUT2D eigenvalue weighted by Gasteiger charge is -2.24. The van der Waals surface area contributed by atoms with Crippen LogP contribution in [-0.4, -0.2) is 16.6 Å². The molecule has 0 saturated carbocycles. The fraction of sp³-hybridized carbons (Fsp3) is 0.500. The van der Waals surface area contributed by atoms with Crippen LogP contribution < -0.4 is 10.5 Å². The van der Waals surface area contributed by atoms with E-state index in [1.165, 1.54) is 6.20 Å². The van der Waals surface area contributed by atoms with Gasteiger partial charge in [-0.05, 0) is 24.7 Å². The first-order valence-corrected chi connectivity index (χ1v) is 6.10. The molecule has 2 atom stereocenters. The Morgan fingerprint density at radius 1 is 1.47 bits per heavy atom. The van der Waals surface area contributed by atoms with Crippen molar-refractivity contribution in [3.05, 3.63) is 23.4 Å². The summed E-state index contributed by atoms with van der Waals surface area (Å²) in [6.07, 6.45) is 8.03. The van der Waals surface area contributed by atoms with Crippen LogP contribution in [0.15, 0.2) is 18.3 Å². The monoisotopic (exact) mass is 253 g/mol. The molecule has 0 bridgehead atoms. The molecular formula is C12H16ClN3O. The standard InChI is InChI=1S/C12H16ClN3O/c1-8-4-2-3-5-9(8)7-17-11-10(13)6-15-12(14)16-11/h2-3,6,8-9H,4-5,7H2,1H3,(H2,14,15,16). The van der Waals surface area contributed by atoms with Gasteiger partial charge >= 0.3 is 0 Å². The van der Waals surface area contributed by atoms with Crippen molar-refractivity contribution in [1.29, 1.82) is 0 Å². The first-order chi connectivity index (χ1) is 8.16. The van der Waals surface area contributed by atoms with Crippen molar-refractivity contribution in [2.45, 2.75) is 19.8 Å². The van der Waals surface area contributed by atoms with E-state index in [0.29, 0.717) is 29.3 Å². The molecular weight excluding hydrogens is 238 g/mol. The average molecular weight is 254 g/mol. The maximum atomic E-state index is 5.93. The molecule has 0 saturated heterocycles. The Bertz CT molecular complexity index is 422. The lowest BCUT2D eigenvalue weighted by atomic mass is 9.85. The summed E-state index contributed by atoms with van der Waals surface area (Å²) < 4.78 is 5.63. The van der Waals surface area contributed by atoms with Crippen molar-refractivity contribution in [2.24, 2.45) is 11.8 Å². The normalized spacial score (nSPS) is 23.6. The first kappa shape index (κ1) is 12.2. The summed E-state index contributed by atoms with van der Waals surface area (Å²) in [6, 6.07) is 0. The number of ether oxygens (including phenoxy) is 1. The van der Waals surface area contributed by atoms with Crippen LogP contribution in [0, 0.1) is 11.8 Å². The summed E-state index contributed by atoms with van der Waals surface area (Å²) in [5.74, 6) is 1.69. The lowest BCUT2D eigenvalue weighted by Crippen LogP contribution is -2.21. The van der Waals surface area contributed by atoms with Gasteiger partial charge in [-0.3, -0.25) is 0 Å². The Morgan fingerprint density at radius 2 is 2.24 bits per heavy atom. The zero-order valence-electron chi connectivity index (χ0n) is 9.77. The SMILES string of the molecule is CC1CC=CCC1COc1nc(N)ncc1Cl. The fourth-order valence-electron chi connectivity index (χ4n) is 1.89. The summed E-state index contributed by atoms with van der Waals surface area (Å²) in [4.78, 5) is 7.77. The highest BCUT2D eigenvalue weighted by Crippen LogP contribution is 2.27. The number of nitrogens with zero attached hydrogens (tertiary/aromatic N) is 2. The van der Waals surface area contributed by atoms with E-state index in [4.69, 9.17) is 22.1 Å². The van der Waals surface area contributed by atoms with Crippen molar-refractivity contribution in [3.8, 4) is 5.88 Å². The van der Waals surface area contributed by atoms with Gasteiger partial charge in [-0.15, -0.1) is 0 Å². The van der Waals surface area contributed by atoms with Gasteiger partial charge in [0.15, 0.2) is 0 Å². The van der Waals surface area contributed by atoms with Crippen LogP contribution in [0.1, 0.15) is 19.8 Å². The van der Waals surface area contributed by atoms with Crippen molar-refractivity contribution in [3.63, 3.8) is 0 Å². The molecule has 1 aliphatic carbocycles. The van der Waals surface area contributed by atoms with Crippen LogP contribution in [0.3, 0.4) is 0 Å². The average Bonchev–Trinajstić information content (AvgIpc) is 2.32. The smallest absolute Gasteiger partial charge is 0.237 e. The van der Waals surface area contributed by atoms with E-state index < -0.39 is 0 Å². The molecule has 1 aromatic rings. The highest BCUT2D eigenvalue weighted by atomic mass is 35.5. The fourth-order valence-corrected chi connectivity index (χ4v) is 2.04. The van der Waals surface area contributed by atoms with E-state index >= 15 is 0 Å². The molecule has 0 spiro atoms. The van der Waals surface area contributed by atoms with E-state index in [2.05, 4.69) is 29.0 Å². The van der Waals surface area contributed by atoms with Crippen LogP contribution in [0.25, 0.3) is 0 Å². The molecule has 1 aromatic heterocycles. The second kappa shape index (κ2) is 5.36. The number of hydrogen-bond donors (Lipinski definition) is 1. The van der Waals surface area contributed by atoms with Crippen molar-refractivity contribution < 1.29 is 4.74 Å². The van der Waals surface area contributed by atoms with Gasteiger partial charge in [-0.25, -0.2) is 4.98 Å². The molecule has 2 rings (SSSR count). The summed E-state index contributed by atoms with van der Waals surface area (Å²) >= 11 is 5.93. The number of hydrogen-bond acceptors (Lipinski definition) is 4. The Labute approximate surface area is 106 Å². The number of aromatic nitrogens is 2. The Balaban J connectivity index is 1.97. The third kappa shape index (κ3) is 3.09. The largest absolute Gasteiger partial charge is 0.476 e. The number of nitrogen functional groups attached to an aromatic ring is 1. The van der Waals surface area contributed by atoms with Gasteiger partial charge in [0.1, 0.15) is 5.02 Å².